The second-order valence-corrected chi connectivity index (χ2v) is 6.73. The van der Waals surface area contributed by atoms with Crippen molar-refractivity contribution in [1.29, 1.82) is 0 Å². The maximum Gasteiger partial charge on any atom is 0.231 e. The summed E-state index contributed by atoms with van der Waals surface area (Å²) in [7, 11) is 1.73. The van der Waals surface area contributed by atoms with Crippen LogP contribution in [0.5, 0.6) is 11.5 Å². The van der Waals surface area contributed by atoms with Crippen molar-refractivity contribution >= 4 is 29.9 Å². The van der Waals surface area contributed by atoms with Crippen LogP contribution in [0.25, 0.3) is 0 Å². The quantitative estimate of drug-likeness (QED) is 0.388. The number of ether oxygens (including phenoxy) is 2. The molecule has 144 valence electrons. The van der Waals surface area contributed by atoms with E-state index >= 15 is 0 Å². The van der Waals surface area contributed by atoms with Gasteiger partial charge >= 0.3 is 0 Å². The summed E-state index contributed by atoms with van der Waals surface area (Å²) >= 11 is 0. The zero-order chi connectivity index (χ0) is 18.0. The number of nitrogens with zero attached hydrogens (tertiary/aromatic N) is 1. The van der Waals surface area contributed by atoms with Crippen molar-refractivity contribution in [3.63, 3.8) is 0 Å². The number of halogens is 2. The molecule has 2 N–H and O–H groups in total. The molecular weight excluding hydrogens is 460 g/mol. The largest absolute Gasteiger partial charge is 0.454 e. The van der Waals surface area contributed by atoms with Crippen LogP contribution >= 0.6 is 24.0 Å². The topological polar surface area (TPSA) is 54.9 Å². The van der Waals surface area contributed by atoms with Crippen molar-refractivity contribution < 1.29 is 13.9 Å². The van der Waals surface area contributed by atoms with Crippen LogP contribution in [0, 0.1) is 5.82 Å². The van der Waals surface area contributed by atoms with Crippen LogP contribution < -0.4 is 20.1 Å². The highest BCUT2D eigenvalue weighted by atomic mass is 127. The van der Waals surface area contributed by atoms with Crippen molar-refractivity contribution in [2.75, 3.05) is 20.4 Å². The lowest BCUT2D eigenvalue weighted by atomic mass is 9.95. The van der Waals surface area contributed by atoms with Crippen LogP contribution in [0.15, 0.2) is 47.5 Å². The number of guanidine groups is 1. The molecule has 0 unspecified atom stereocenters. The van der Waals surface area contributed by atoms with E-state index in [2.05, 4.69) is 15.6 Å². The Morgan fingerprint density at radius 3 is 2.63 bits per heavy atom. The van der Waals surface area contributed by atoms with Crippen molar-refractivity contribution in [2.24, 2.45) is 4.99 Å². The molecule has 0 spiro atoms. The van der Waals surface area contributed by atoms with Crippen LogP contribution in [-0.2, 0) is 12.0 Å². The first-order valence-corrected chi connectivity index (χ1v) is 8.78. The Morgan fingerprint density at radius 1 is 1.11 bits per heavy atom. The van der Waals surface area contributed by atoms with E-state index < -0.39 is 0 Å². The summed E-state index contributed by atoms with van der Waals surface area (Å²) < 4.78 is 24.8. The first-order valence-electron chi connectivity index (χ1n) is 8.78. The zero-order valence-corrected chi connectivity index (χ0v) is 17.5. The molecule has 0 amide bonds. The molecule has 1 fully saturated rings. The summed E-state index contributed by atoms with van der Waals surface area (Å²) in [6, 6.07) is 12.9. The van der Waals surface area contributed by atoms with Crippen LogP contribution in [-0.4, -0.2) is 26.3 Å². The predicted octanol–water partition coefficient (Wildman–Crippen LogP) is 3.57. The fraction of sp³-hybridized carbons (Fsp3) is 0.350. The standard InChI is InChI=1S/C20H22FN3O2.HI/c1-22-19(23-11-14-6-7-17-18(10-14)26-13-25-17)24-12-20(8-9-20)15-4-2-3-5-16(15)21;/h2-7,10H,8-9,11-13H2,1H3,(H2,22,23,24);1H. The van der Waals surface area contributed by atoms with Gasteiger partial charge in [0.05, 0.1) is 0 Å². The second-order valence-electron chi connectivity index (χ2n) is 6.73. The molecule has 2 aromatic carbocycles. The number of hydrogen-bond acceptors (Lipinski definition) is 3. The minimum Gasteiger partial charge on any atom is -0.454 e. The molecule has 0 saturated heterocycles. The van der Waals surface area contributed by atoms with E-state index in [4.69, 9.17) is 9.47 Å². The predicted molar refractivity (Wildman–Crippen MR) is 113 cm³/mol. The van der Waals surface area contributed by atoms with E-state index in [9.17, 15) is 4.39 Å². The minimum absolute atomic E-state index is 0. The van der Waals surface area contributed by atoms with E-state index in [0.29, 0.717) is 19.0 Å². The first kappa shape index (κ1) is 19.7. The lowest BCUT2D eigenvalue weighted by Crippen LogP contribution is -2.41. The average Bonchev–Trinajstić information content (AvgIpc) is 3.30. The number of fused-ring (bicyclic) bond motifs is 1. The monoisotopic (exact) mass is 483 g/mol. The van der Waals surface area contributed by atoms with Crippen LogP contribution in [0.2, 0.25) is 0 Å². The van der Waals surface area contributed by atoms with Gasteiger partial charge in [-0.3, -0.25) is 4.99 Å². The highest BCUT2D eigenvalue weighted by molar-refractivity contribution is 14.0. The van der Waals surface area contributed by atoms with Crippen molar-refractivity contribution in [1.82, 2.24) is 10.6 Å². The second kappa shape index (κ2) is 8.33. The average molecular weight is 483 g/mol. The maximum absolute atomic E-state index is 14.1. The molecule has 2 aromatic rings. The van der Waals surface area contributed by atoms with Gasteiger partial charge in [-0.2, -0.15) is 0 Å². The van der Waals surface area contributed by atoms with Crippen molar-refractivity contribution in [3.05, 3.63) is 59.4 Å². The van der Waals surface area contributed by atoms with E-state index in [1.54, 1.807) is 13.1 Å². The first-order chi connectivity index (χ1) is 12.7. The number of benzene rings is 2. The van der Waals surface area contributed by atoms with Crippen LogP contribution in [0.4, 0.5) is 4.39 Å². The molecule has 1 aliphatic carbocycles. The van der Waals surface area contributed by atoms with Gasteiger partial charge in [0.1, 0.15) is 5.82 Å². The molecule has 1 heterocycles. The highest BCUT2D eigenvalue weighted by Gasteiger charge is 2.45. The number of nitrogens with one attached hydrogen (secondary N) is 2. The number of hydrogen-bond donors (Lipinski definition) is 2. The van der Waals surface area contributed by atoms with Crippen LogP contribution in [0.3, 0.4) is 0 Å². The Kier molecular flexibility index (Phi) is 6.08. The molecule has 0 bridgehead atoms. The molecule has 1 saturated carbocycles. The Labute approximate surface area is 175 Å². The van der Waals surface area contributed by atoms with E-state index in [-0.39, 0.29) is 42.0 Å². The van der Waals surface area contributed by atoms with Crippen molar-refractivity contribution in [3.8, 4) is 11.5 Å². The smallest absolute Gasteiger partial charge is 0.231 e. The molecule has 5 nitrogen and oxygen atoms in total. The number of rotatable bonds is 5. The normalized spacial score (nSPS) is 16.4. The Hall–Kier alpha value is -2.03. The molecule has 4 rings (SSSR count). The maximum atomic E-state index is 14.1. The summed E-state index contributed by atoms with van der Waals surface area (Å²) in [5, 5.41) is 6.63. The molecule has 2 aliphatic rings. The highest BCUT2D eigenvalue weighted by Crippen LogP contribution is 2.48. The van der Waals surface area contributed by atoms with Gasteiger partial charge in [0.2, 0.25) is 6.79 Å². The lowest BCUT2D eigenvalue weighted by Gasteiger charge is -2.19. The van der Waals surface area contributed by atoms with Gasteiger partial charge in [-0.1, -0.05) is 24.3 Å². The van der Waals surface area contributed by atoms with Crippen molar-refractivity contribution in [2.45, 2.75) is 24.8 Å². The fourth-order valence-electron chi connectivity index (χ4n) is 3.29. The van der Waals surface area contributed by atoms with E-state index in [0.717, 1.165) is 35.5 Å². The molecule has 7 heteroatoms. The minimum atomic E-state index is -0.130. The SMILES string of the molecule is CN=C(NCc1ccc2c(c1)OCO2)NCC1(c2ccccc2F)CC1.I. The van der Waals surface area contributed by atoms with Gasteiger partial charge in [-0.05, 0) is 42.2 Å². The molecule has 0 aromatic heterocycles. The summed E-state index contributed by atoms with van der Waals surface area (Å²) in [4.78, 5) is 4.27. The third kappa shape index (κ3) is 4.28. The molecule has 1 aliphatic heterocycles. The van der Waals surface area contributed by atoms with Crippen LogP contribution in [0.1, 0.15) is 24.0 Å². The summed E-state index contributed by atoms with van der Waals surface area (Å²) in [6.45, 7) is 1.55. The van der Waals surface area contributed by atoms with Gasteiger partial charge in [-0.15, -0.1) is 24.0 Å². The Morgan fingerprint density at radius 2 is 1.89 bits per heavy atom. The van der Waals surface area contributed by atoms with E-state index in [1.807, 2.05) is 30.3 Å². The zero-order valence-electron chi connectivity index (χ0n) is 15.1. The Balaban J connectivity index is 0.00000210. The van der Waals surface area contributed by atoms with Gasteiger partial charge in [0.15, 0.2) is 17.5 Å². The third-order valence-electron chi connectivity index (χ3n) is 5.01. The third-order valence-corrected chi connectivity index (χ3v) is 5.01. The molecule has 0 atom stereocenters. The molecular formula is C20H23FIN3O2. The van der Waals surface area contributed by atoms with Gasteiger partial charge in [0, 0.05) is 25.6 Å². The van der Waals surface area contributed by atoms with Gasteiger partial charge < -0.3 is 20.1 Å². The van der Waals surface area contributed by atoms with Gasteiger partial charge in [-0.25, -0.2) is 4.39 Å². The Bertz CT molecular complexity index is 840. The lowest BCUT2D eigenvalue weighted by molar-refractivity contribution is 0.174. The summed E-state index contributed by atoms with van der Waals surface area (Å²) in [5.74, 6) is 2.11. The summed E-state index contributed by atoms with van der Waals surface area (Å²) in [5.41, 5.74) is 1.74. The molecule has 0 radical (unpaired) electrons. The summed E-state index contributed by atoms with van der Waals surface area (Å²) in [6.07, 6.45) is 1.97. The van der Waals surface area contributed by atoms with E-state index in [1.165, 1.54) is 6.07 Å². The molecule has 27 heavy (non-hydrogen) atoms. The fourth-order valence-corrected chi connectivity index (χ4v) is 3.29. The number of aliphatic imine (C=N–C) groups is 1. The van der Waals surface area contributed by atoms with Gasteiger partial charge in [0.25, 0.3) is 0 Å².